The van der Waals surface area contributed by atoms with Gasteiger partial charge in [0.25, 0.3) is 17.7 Å². The van der Waals surface area contributed by atoms with Crippen LogP contribution >= 0.6 is 0 Å². The van der Waals surface area contributed by atoms with Gasteiger partial charge in [0, 0.05) is 24.7 Å². The number of rotatable bonds is 7. The molecule has 1 N–H and O–H groups in total. The lowest BCUT2D eigenvalue weighted by atomic mass is 10.1. The third-order valence-corrected chi connectivity index (χ3v) is 5.05. The van der Waals surface area contributed by atoms with Gasteiger partial charge in [-0.2, -0.15) is 0 Å². The fourth-order valence-corrected chi connectivity index (χ4v) is 3.23. The third kappa shape index (κ3) is 4.79. The molecule has 0 radical (unpaired) electrons. The van der Waals surface area contributed by atoms with Crippen molar-refractivity contribution >= 4 is 29.4 Å². The van der Waals surface area contributed by atoms with Crippen molar-refractivity contribution in [2.24, 2.45) is 0 Å². The van der Waals surface area contributed by atoms with Crippen molar-refractivity contribution in [3.63, 3.8) is 0 Å². The Morgan fingerprint density at radius 2 is 1.76 bits per heavy atom. The molecular formula is C23H20N4O6. The zero-order valence-electron chi connectivity index (χ0n) is 18.0. The van der Waals surface area contributed by atoms with Crippen molar-refractivity contribution in [2.75, 3.05) is 19.0 Å². The molecule has 2 heterocycles. The number of aryl methyl sites for hydroxylation is 2. The van der Waals surface area contributed by atoms with Crippen molar-refractivity contribution < 1.29 is 28.3 Å². The minimum absolute atomic E-state index is 0.0371. The number of aromatic nitrogens is 2. The highest BCUT2D eigenvalue weighted by Crippen LogP contribution is 2.24. The highest BCUT2D eigenvalue weighted by atomic mass is 16.5. The number of nitrogens with zero attached hydrogens (tertiary/aromatic N) is 3. The lowest BCUT2D eigenvalue weighted by molar-refractivity contribution is -0.147. The molecule has 168 valence electrons. The van der Waals surface area contributed by atoms with Crippen LogP contribution in [0.1, 0.15) is 38.6 Å². The summed E-state index contributed by atoms with van der Waals surface area (Å²) >= 11 is 0. The number of amides is 3. The third-order valence-electron chi connectivity index (χ3n) is 5.05. The summed E-state index contributed by atoms with van der Waals surface area (Å²) in [5.74, 6) is -1.37. The van der Waals surface area contributed by atoms with Crippen LogP contribution in [0, 0.1) is 6.92 Å². The first-order valence-electron chi connectivity index (χ1n) is 10.1. The van der Waals surface area contributed by atoms with Gasteiger partial charge in [0.05, 0.1) is 17.5 Å². The van der Waals surface area contributed by atoms with E-state index in [1.807, 2.05) is 31.2 Å². The molecule has 3 aromatic rings. The number of nitrogens with one attached hydrogen (secondary N) is 1. The number of benzene rings is 2. The van der Waals surface area contributed by atoms with Crippen LogP contribution in [0.5, 0.6) is 0 Å². The largest absolute Gasteiger partial charge is 0.456 e. The molecular weight excluding hydrogens is 428 g/mol. The average molecular weight is 448 g/mol. The van der Waals surface area contributed by atoms with E-state index >= 15 is 0 Å². The van der Waals surface area contributed by atoms with Crippen molar-refractivity contribution in [1.82, 2.24) is 15.1 Å². The zero-order chi connectivity index (χ0) is 23.5. The number of fused-ring (bicyclic) bond motifs is 1. The Labute approximate surface area is 188 Å². The van der Waals surface area contributed by atoms with E-state index in [2.05, 4.69) is 15.5 Å². The number of ether oxygens (including phenoxy) is 1. The van der Waals surface area contributed by atoms with Crippen LogP contribution in [0.3, 0.4) is 0 Å². The number of hydrogen-bond donors (Lipinski definition) is 1. The van der Waals surface area contributed by atoms with Gasteiger partial charge in [-0.1, -0.05) is 17.7 Å². The monoisotopic (exact) mass is 448 g/mol. The minimum Gasteiger partial charge on any atom is -0.456 e. The molecule has 10 heteroatoms. The number of imide groups is 1. The standard InChI is InChI=1S/C23H20N4O6/c1-13-3-5-14(6-4-13)21-26-25-19(33-21)9-10-20(29)32-12-18(28)24-15-7-8-16-17(11-15)23(31)27(2)22(16)30/h3-8,11H,9-10,12H2,1-2H3,(H,24,28). The molecule has 33 heavy (non-hydrogen) atoms. The fraction of sp³-hybridized carbons (Fsp3) is 0.217. The summed E-state index contributed by atoms with van der Waals surface area (Å²) in [5, 5.41) is 10.4. The summed E-state index contributed by atoms with van der Waals surface area (Å²) in [6.07, 6.45) is 0.137. The van der Waals surface area contributed by atoms with Crippen molar-refractivity contribution in [2.45, 2.75) is 19.8 Å². The Bertz CT molecular complexity index is 1250. The van der Waals surface area contributed by atoms with Gasteiger partial charge in [-0.15, -0.1) is 10.2 Å². The summed E-state index contributed by atoms with van der Waals surface area (Å²) in [7, 11) is 1.39. The average Bonchev–Trinajstić information content (AvgIpc) is 3.36. The highest BCUT2D eigenvalue weighted by Gasteiger charge is 2.32. The van der Waals surface area contributed by atoms with Crippen LogP contribution in [0.4, 0.5) is 5.69 Å². The van der Waals surface area contributed by atoms with Gasteiger partial charge >= 0.3 is 5.97 Å². The van der Waals surface area contributed by atoms with Gasteiger partial charge < -0.3 is 14.5 Å². The summed E-state index contributed by atoms with van der Waals surface area (Å²) < 4.78 is 10.5. The maximum Gasteiger partial charge on any atom is 0.306 e. The number of esters is 1. The number of carbonyl (C=O) groups excluding carboxylic acids is 4. The summed E-state index contributed by atoms with van der Waals surface area (Å²) in [6.45, 7) is 1.48. The van der Waals surface area contributed by atoms with Crippen LogP contribution < -0.4 is 5.32 Å². The van der Waals surface area contributed by atoms with Gasteiger partial charge in [0.1, 0.15) is 0 Å². The van der Waals surface area contributed by atoms with E-state index in [1.165, 1.54) is 25.2 Å². The lowest BCUT2D eigenvalue weighted by Crippen LogP contribution is -2.24. The Morgan fingerprint density at radius 1 is 1.03 bits per heavy atom. The van der Waals surface area contributed by atoms with E-state index < -0.39 is 30.3 Å². The molecule has 3 amide bonds. The molecule has 2 aromatic carbocycles. The minimum atomic E-state index is -0.600. The molecule has 1 aliphatic heterocycles. The van der Waals surface area contributed by atoms with Gasteiger partial charge in [-0.3, -0.25) is 24.1 Å². The van der Waals surface area contributed by atoms with E-state index in [-0.39, 0.29) is 29.9 Å². The Kier molecular flexibility index (Phi) is 5.99. The van der Waals surface area contributed by atoms with Crippen molar-refractivity contribution in [3.8, 4) is 11.5 Å². The molecule has 0 aliphatic carbocycles. The zero-order valence-corrected chi connectivity index (χ0v) is 18.0. The van der Waals surface area contributed by atoms with Gasteiger partial charge in [0.15, 0.2) is 6.61 Å². The van der Waals surface area contributed by atoms with E-state index in [9.17, 15) is 19.2 Å². The molecule has 10 nitrogen and oxygen atoms in total. The Morgan fingerprint density at radius 3 is 2.52 bits per heavy atom. The summed E-state index contributed by atoms with van der Waals surface area (Å²) in [6, 6.07) is 12.0. The predicted molar refractivity (Wildman–Crippen MR) is 115 cm³/mol. The summed E-state index contributed by atoms with van der Waals surface area (Å²) in [5.41, 5.74) is 2.70. The quantitative estimate of drug-likeness (QED) is 0.430. The molecule has 4 rings (SSSR count). The van der Waals surface area contributed by atoms with Crippen LogP contribution in [0.15, 0.2) is 46.9 Å². The SMILES string of the molecule is Cc1ccc(-c2nnc(CCC(=O)OCC(=O)Nc3ccc4c(c3)C(=O)N(C)C4=O)o2)cc1. The molecule has 1 aromatic heterocycles. The van der Waals surface area contributed by atoms with Crippen LogP contribution in [-0.4, -0.2) is 52.4 Å². The lowest BCUT2D eigenvalue weighted by Gasteiger charge is -2.07. The second kappa shape index (κ2) is 9.03. The smallest absolute Gasteiger partial charge is 0.306 e. The fourth-order valence-electron chi connectivity index (χ4n) is 3.23. The Hall–Kier alpha value is -4.34. The molecule has 0 saturated heterocycles. The van der Waals surface area contributed by atoms with Crippen molar-refractivity contribution in [1.29, 1.82) is 0 Å². The summed E-state index contributed by atoms with van der Waals surface area (Å²) in [4.78, 5) is 49.0. The van der Waals surface area contributed by atoms with Gasteiger partial charge in [-0.25, -0.2) is 0 Å². The molecule has 0 bridgehead atoms. The van der Waals surface area contributed by atoms with Crippen molar-refractivity contribution in [3.05, 3.63) is 65.0 Å². The first kappa shape index (κ1) is 21.9. The first-order valence-corrected chi connectivity index (χ1v) is 10.1. The van der Waals surface area contributed by atoms with E-state index in [0.29, 0.717) is 11.6 Å². The van der Waals surface area contributed by atoms with Crippen LogP contribution in [0.2, 0.25) is 0 Å². The topological polar surface area (TPSA) is 132 Å². The number of anilines is 1. The molecule has 0 spiro atoms. The number of carbonyl (C=O) groups is 4. The molecule has 0 saturated carbocycles. The van der Waals surface area contributed by atoms with Gasteiger partial charge in [-0.05, 0) is 37.3 Å². The van der Waals surface area contributed by atoms with Crippen LogP contribution in [0.25, 0.3) is 11.5 Å². The van der Waals surface area contributed by atoms with E-state index in [1.54, 1.807) is 0 Å². The number of hydrogen-bond acceptors (Lipinski definition) is 8. The molecule has 0 atom stereocenters. The normalized spacial score (nSPS) is 12.6. The van der Waals surface area contributed by atoms with Gasteiger partial charge in [0.2, 0.25) is 11.8 Å². The van der Waals surface area contributed by atoms with Crippen LogP contribution in [-0.2, 0) is 20.7 Å². The molecule has 0 unspecified atom stereocenters. The maximum atomic E-state index is 12.1. The second-order valence-corrected chi connectivity index (χ2v) is 7.51. The molecule has 1 aliphatic rings. The Balaban J connectivity index is 1.24. The highest BCUT2D eigenvalue weighted by molar-refractivity contribution is 6.21. The van der Waals surface area contributed by atoms with E-state index in [0.717, 1.165) is 16.0 Å². The predicted octanol–water partition coefficient (Wildman–Crippen LogP) is 2.39. The second-order valence-electron chi connectivity index (χ2n) is 7.51. The molecule has 0 fully saturated rings. The first-order chi connectivity index (χ1) is 15.8. The maximum absolute atomic E-state index is 12.1. The van der Waals surface area contributed by atoms with E-state index in [4.69, 9.17) is 9.15 Å².